The molecule has 0 aliphatic heterocycles. The van der Waals surface area contributed by atoms with Crippen molar-refractivity contribution in [2.75, 3.05) is 0 Å². The zero-order chi connectivity index (χ0) is 8.15. The normalized spacial score (nSPS) is 11.1. The summed E-state index contributed by atoms with van der Waals surface area (Å²) in [6.07, 6.45) is 0.198. The number of rotatable bonds is 3. The van der Waals surface area contributed by atoms with Crippen molar-refractivity contribution in [2.24, 2.45) is 0 Å². The Labute approximate surface area is 61.7 Å². The maximum Gasteiger partial charge on any atom is 0.329 e. The minimum Gasteiger partial charge on any atom is -0.481 e. The van der Waals surface area contributed by atoms with Crippen molar-refractivity contribution in [1.82, 2.24) is 0 Å². The van der Waals surface area contributed by atoms with Crippen molar-refractivity contribution >= 4 is 23.5 Å². The summed E-state index contributed by atoms with van der Waals surface area (Å²) in [5.41, 5.74) is 0. The van der Waals surface area contributed by atoms with E-state index in [0.29, 0.717) is 6.08 Å². The number of hydrogen-bond donors (Lipinski definition) is 2. The van der Waals surface area contributed by atoms with Crippen LogP contribution in [-0.2, 0) is 9.59 Å². The summed E-state index contributed by atoms with van der Waals surface area (Å²) in [6.45, 7) is 0. The van der Waals surface area contributed by atoms with Gasteiger partial charge >= 0.3 is 11.9 Å². The van der Waals surface area contributed by atoms with E-state index >= 15 is 0 Å². The smallest absolute Gasteiger partial charge is 0.329 e. The molecule has 0 aromatic heterocycles. The van der Waals surface area contributed by atoms with Crippen molar-refractivity contribution in [3.05, 3.63) is 11.1 Å². The molecule has 0 saturated heterocycles. The van der Waals surface area contributed by atoms with Gasteiger partial charge in [-0.1, -0.05) is 11.6 Å². The number of halogens is 1. The maximum absolute atomic E-state index is 9.87. The standard InChI is InChI=1S/C5H5ClO4/c6-3(1-4(7)8)2-5(9)10/h1H,2H2,(H,7,8)(H,9,10)/b3-1-. The Bertz CT molecular complexity index is 184. The fourth-order valence-corrected chi connectivity index (χ4v) is 0.537. The molecule has 0 fully saturated rings. The molecule has 5 heteroatoms. The second kappa shape index (κ2) is 3.90. The molecule has 0 radical (unpaired) electrons. The third-order valence-corrected chi connectivity index (χ3v) is 0.843. The van der Waals surface area contributed by atoms with Gasteiger partial charge in [-0.3, -0.25) is 4.79 Å². The van der Waals surface area contributed by atoms with Gasteiger partial charge in [-0.25, -0.2) is 4.79 Å². The molecule has 0 spiro atoms. The zero-order valence-corrected chi connectivity index (χ0v) is 5.63. The van der Waals surface area contributed by atoms with Crippen LogP contribution in [-0.4, -0.2) is 22.2 Å². The summed E-state index contributed by atoms with van der Waals surface area (Å²) >= 11 is 5.17. The Balaban J connectivity index is 3.95. The monoisotopic (exact) mass is 164 g/mol. The molecule has 0 aromatic rings. The van der Waals surface area contributed by atoms with E-state index in [1.165, 1.54) is 0 Å². The summed E-state index contributed by atoms with van der Waals surface area (Å²) in [5, 5.41) is 15.9. The largest absolute Gasteiger partial charge is 0.481 e. The second-order valence-electron chi connectivity index (χ2n) is 1.50. The third kappa shape index (κ3) is 5.11. The first-order valence-corrected chi connectivity index (χ1v) is 2.71. The number of aliphatic carboxylic acids is 2. The Morgan fingerprint density at radius 3 is 2.20 bits per heavy atom. The van der Waals surface area contributed by atoms with Gasteiger partial charge in [0.15, 0.2) is 0 Å². The first-order chi connectivity index (χ1) is 4.52. The van der Waals surface area contributed by atoms with E-state index in [9.17, 15) is 9.59 Å². The fraction of sp³-hybridized carbons (Fsp3) is 0.200. The molecule has 0 aliphatic rings. The molecule has 0 unspecified atom stereocenters. The van der Waals surface area contributed by atoms with Gasteiger partial charge in [-0.15, -0.1) is 0 Å². The van der Waals surface area contributed by atoms with Crippen molar-refractivity contribution in [3.8, 4) is 0 Å². The van der Waals surface area contributed by atoms with E-state index in [-0.39, 0.29) is 5.03 Å². The Hall–Kier alpha value is -1.03. The van der Waals surface area contributed by atoms with Crippen LogP contribution in [0.5, 0.6) is 0 Å². The SMILES string of the molecule is O=C(O)/C=C(\Cl)CC(=O)O. The molecule has 0 atom stereocenters. The van der Waals surface area contributed by atoms with Crippen LogP contribution in [0.1, 0.15) is 6.42 Å². The minimum atomic E-state index is -1.24. The van der Waals surface area contributed by atoms with Gasteiger partial charge in [0.1, 0.15) is 0 Å². The van der Waals surface area contributed by atoms with Crippen LogP contribution in [0.3, 0.4) is 0 Å². The number of carboxylic acid groups (broad SMARTS) is 2. The van der Waals surface area contributed by atoms with Crippen LogP contribution in [0.25, 0.3) is 0 Å². The van der Waals surface area contributed by atoms with E-state index in [1.807, 2.05) is 0 Å². The lowest BCUT2D eigenvalue weighted by atomic mass is 10.4. The molecular formula is C5H5ClO4. The van der Waals surface area contributed by atoms with Crippen molar-refractivity contribution in [2.45, 2.75) is 6.42 Å². The van der Waals surface area contributed by atoms with Crippen LogP contribution in [0.4, 0.5) is 0 Å². The van der Waals surface area contributed by atoms with Crippen molar-refractivity contribution in [3.63, 3.8) is 0 Å². The molecule has 0 heterocycles. The van der Waals surface area contributed by atoms with Gasteiger partial charge < -0.3 is 10.2 Å². The average molecular weight is 165 g/mol. The lowest BCUT2D eigenvalue weighted by molar-refractivity contribution is -0.136. The summed E-state index contributed by atoms with van der Waals surface area (Å²) in [5.74, 6) is -2.39. The molecule has 2 N–H and O–H groups in total. The van der Waals surface area contributed by atoms with E-state index in [1.54, 1.807) is 0 Å². The lowest BCUT2D eigenvalue weighted by Crippen LogP contribution is -1.96. The Morgan fingerprint density at radius 2 is 1.90 bits per heavy atom. The highest BCUT2D eigenvalue weighted by Crippen LogP contribution is 2.05. The number of carbonyl (C=O) groups is 2. The molecule has 0 saturated carbocycles. The van der Waals surface area contributed by atoms with Gasteiger partial charge in [0, 0.05) is 11.1 Å². The summed E-state index contributed by atoms with van der Waals surface area (Å²) in [6, 6.07) is 0. The minimum absolute atomic E-state index is 0.194. The zero-order valence-electron chi connectivity index (χ0n) is 4.87. The summed E-state index contributed by atoms with van der Waals surface area (Å²) < 4.78 is 0. The van der Waals surface area contributed by atoms with Gasteiger partial charge in [0.25, 0.3) is 0 Å². The molecular weight excluding hydrogens is 160 g/mol. The van der Waals surface area contributed by atoms with Gasteiger partial charge in [-0.2, -0.15) is 0 Å². The first-order valence-electron chi connectivity index (χ1n) is 2.33. The van der Waals surface area contributed by atoms with E-state index in [2.05, 4.69) is 0 Å². The molecule has 0 rings (SSSR count). The fourth-order valence-electron chi connectivity index (χ4n) is 0.329. The van der Waals surface area contributed by atoms with Crippen LogP contribution < -0.4 is 0 Å². The predicted octanol–water partition coefficient (Wildman–Crippen LogP) is 0.668. The summed E-state index contributed by atoms with van der Waals surface area (Å²) in [7, 11) is 0. The highest BCUT2D eigenvalue weighted by Gasteiger charge is 2.01. The highest BCUT2D eigenvalue weighted by atomic mass is 35.5. The first kappa shape index (κ1) is 8.97. The molecule has 0 bridgehead atoms. The summed E-state index contributed by atoms with van der Waals surface area (Å²) in [4.78, 5) is 19.7. The Morgan fingerprint density at radius 1 is 1.40 bits per heavy atom. The molecule has 0 amide bonds. The quantitative estimate of drug-likeness (QED) is 0.602. The molecule has 0 aliphatic carbocycles. The second-order valence-corrected chi connectivity index (χ2v) is 1.99. The third-order valence-electron chi connectivity index (χ3n) is 0.600. The average Bonchev–Trinajstić information content (AvgIpc) is 1.58. The topological polar surface area (TPSA) is 74.6 Å². The van der Waals surface area contributed by atoms with Gasteiger partial charge in [-0.05, 0) is 0 Å². The van der Waals surface area contributed by atoms with Crippen LogP contribution >= 0.6 is 11.6 Å². The van der Waals surface area contributed by atoms with Crippen LogP contribution in [0.2, 0.25) is 0 Å². The van der Waals surface area contributed by atoms with E-state index in [0.717, 1.165) is 0 Å². The van der Waals surface area contributed by atoms with Crippen molar-refractivity contribution < 1.29 is 19.8 Å². The molecule has 0 aromatic carbocycles. The number of hydrogen-bond acceptors (Lipinski definition) is 2. The molecule has 4 nitrogen and oxygen atoms in total. The van der Waals surface area contributed by atoms with Crippen LogP contribution in [0.15, 0.2) is 11.1 Å². The van der Waals surface area contributed by atoms with Crippen molar-refractivity contribution in [1.29, 1.82) is 0 Å². The predicted molar refractivity (Wildman–Crippen MR) is 33.8 cm³/mol. The van der Waals surface area contributed by atoms with E-state index < -0.39 is 18.4 Å². The lowest BCUT2D eigenvalue weighted by Gasteiger charge is -1.88. The molecule has 56 valence electrons. The number of carboxylic acids is 2. The van der Waals surface area contributed by atoms with Crippen LogP contribution in [0, 0.1) is 0 Å². The Kier molecular flexibility index (Phi) is 3.49. The maximum atomic E-state index is 9.87. The van der Waals surface area contributed by atoms with Gasteiger partial charge in [0.05, 0.1) is 6.42 Å². The van der Waals surface area contributed by atoms with E-state index in [4.69, 9.17) is 21.8 Å². The highest BCUT2D eigenvalue weighted by molar-refractivity contribution is 6.31. The molecule has 10 heavy (non-hydrogen) atoms. The van der Waals surface area contributed by atoms with Gasteiger partial charge in [0.2, 0.25) is 0 Å².